The van der Waals surface area contributed by atoms with Crippen molar-refractivity contribution in [1.29, 1.82) is 0 Å². The number of aromatic nitrogens is 2. The van der Waals surface area contributed by atoms with Crippen LogP contribution in [0.3, 0.4) is 0 Å². The van der Waals surface area contributed by atoms with Gasteiger partial charge in [-0.1, -0.05) is 6.92 Å². The minimum Gasteiger partial charge on any atom is -0.356 e. The number of piperidine rings is 3. The lowest BCUT2D eigenvalue weighted by molar-refractivity contribution is -0.137. The molecule has 3 saturated heterocycles. The van der Waals surface area contributed by atoms with Crippen molar-refractivity contribution >= 4 is 17.5 Å². The Morgan fingerprint density at radius 3 is 2.07 bits per heavy atom. The fourth-order valence-corrected chi connectivity index (χ4v) is 4.65. The van der Waals surface area contributed by atoms with E-state index in [0.29, 0.717) is 5.91 Å². The highest BCUT2D eigenvalue weighted by atomic mass is 16.2. The van der Waals surface area contributed by atoms with Gasteiger partial charge in [-0.25, -0.2) is 9.97 Å². The van der Waals surface area contributed by atoms with E-state index in [2.05, 4.69) is 37.7 Å². The Labute approximate surface area is 162 Å². The zero-order valence-corrected chi connectivity index (χ0v) is 16.6. The Morgan fingerprint density at radius 2 is 1.44 bits per heavy atom. The standard InChI is InChI=1S/C21H33N5O/c1-17-5-11-26(12-6-17)21(27)18-7-13-25(14-8-18)20-15-19(22-16-23-20)24-9-3-2-4-10-24/h15-18H,2-14H2,1H3. The van der Waals surface area contributed by atoms with Crippen molar-refractivity contribution in [3.63, 3.8) is 0 Å². The molecule has 27 heavy (non-hydrogen) atoms. The molecule has 0 saturated carbocycles. The number of carbonyl (C=O) groups excluding carboxylic acids is 1. The van der Waals surface area contributed by atoms with Crippen LogP contribution in [-0.4, -0.2) is 60.0 Å². The van der Waals surface area contributed by atoms with E-state index in [1.807, 2.05) is 0 Å². The van der Waals surface area contributed by atoms with E-state index >= 15 is 0 Å². The molecule has 3 aliphatic rings. The summed E-state index contributed by atoms with van der Waals surface area (Å²) < 4.78 is 0. The highest BCUT2D eigenvalue weighted by molar-refractivity contribution is 5.79. The van der Waals surface area contributed by atoms with Crippen molar-refractivity contribution in [2.24, 2.45) is 11.8 Å². The first kappa shape index (κ1) is 18.5. The summed E-state index contributed by atoms with van der Waals surface area (Å²) in [5.74, 6) is 3.42. The minimum absolute atomic E-state index is 0.193. The summed E-state index contributed by atoms with van der Waals surface area (Å²) in [6, 6.07) is 2.14. The van der Waals surface area contributed by atoms with Crippen LogP contribution < -0.4 is 9.80 Å². The predicted octanol–water partition coefficient (Wildman–Crippen LogP) is 2.94. The summed E-state index contributed by atoms with van der Waals surface area (Å²) in [6.07, 6.45) is 9.72. The lowest BCUT2D eigenvalue weighted by atomic mass is 9.92. The molecule has 0 bridgehead atoms. The smallest absolute Gasteiger partial charge is 0.225 e. The van der Waals surface area contributed by atoms with Crippen LogP contribution in [-0.2, 0) is 4.79 Å². The molecule has 3 aliphatic heterocycles. The van der Waals surface area contributed by atoms with Crippen LogP contribution in [0.4, 0.5) is 11.6 Å². The molecule has 1 amide bonds. The molecule has 0 unspecified atom stereocenters. The molecular weight excluding hydrogens is 338 g/mol. The summed E-state index contributed by atoms with van der Waals surface area (Å²) in [5.41, 5.74) is 0. The number of rotatable bonds is 3. The van der Waals surface area contributed by atoms with Crippen LogP contribution in [0.15, 0.2) is 12.4 Å². The molecule has 0 atom stereocenters. The molecule has 3 fully saturated rings. The van der Waals surface area contributed by atoms with Gasteiger partial charge in [0.05, 0.1) is 0 Å². The third-order valence-corrected chi connectivity index (χ3v) is 6.58. The third kappa shape index (κ3) is 4.36. The van der Waals surface area contributed by atoms with E-state index in [0.717, 1.165) is 82.5 Å². The fraction of sp³-hybridized carbons (Fsp3) is 0.762. The van der Waals surface area contributed by atoms with Crippen molar-refractivity contribution in [2.45, 2.75) is 51.9 Å². The van der Waals surface area contributed by atoms with Crippen LogP contribution in [0, 0.1) is 11.8 Å². The van der Waals surface area contributed by atoms with Gasteiger partial charge in [0.2, 0.25) is 5.91 Å². The van der Waals surface area contributed by atoms with E-state index in [1.165, 1.54) is 19.3 Å². The maximum Gasteiger partial charge on any atom is 0.225 e. The van der Waals surface area contributed by atoms with Crippen molar-refractivity contribution in [2.75, 3.05) is 49.1 Å². The number of carbonyl (C=O) groups is 1. The summed E-state index contributed by atoms with van der Waals surface area (Å²) >= 11 is 0. The van der Waals surface area contributed by atoms with Gasteiger partial charge in [-0.15, -0.1) is 0 Å². The molecule has 0 radical (unpaired) electrons. The first-order valence-corrected chi connectivity index (χ1v) is 10.8. The normalized spacial score (nSPS) is 22.9. The molecule has 1 aromatic heterocycles. The first-order valence-electron chi connectivity index (χ1n) is 10.8. The topological polar surface area (TPSA) is 52.6 Å². The first-order chi connectivity index (χ1) is 13.2. The average Bonchev–Trinajstić information content (AvgIpc) is 2.75. The van der Waals surface area contributed by atoms with Crippen LogP contribution in [0.1, 0.15) is 51.9 Å². The van der Waals surface area contributed by atoms with Crippen LogP contribution >= 0.6 is 0 Å². The number of anilines is 2. The Hall–Kier alpha value is -1.85. The lowest BCUT2D eigenvalue weighted by Gasteiger charge is -2.37. The second-order valence-corrected chi connectivity index (χ2v) is 8.55. The quantitative estimate of drug-likeness (QED) is 0.818. The lowest BCUT2D eigenvalue weighted by Crippen LogP contribution is -2.45. The summed E-state index contributed by atoms with van der Waals surface area (Å²) in [4.78, 5) is 28.7. The van der Waals surface area contributed by atoms with E-state index < -0.39 is 0 Å². The van der Waals surface area contributed by atoms with E-state index in [9.17, 15) is 4.79 Å². The highest BCUT2D eigenvalue weighted by Crippen LogP contribution is 2.27. The van der Waals surface area contributed by atoms with Gasteiger partial charge in [0.25, 0.3) is 0 Å². The number of amides is 1. The Morgan fingerprint density at radius 1 is 0.852 bits per heavy atom. The molecule has 4 heterocycles. The molecule has 0 aliphatic carbocycles. The Balaban J connectivity index is 1.33. The second kappa shape index (κ2) is 8.44. The van der Waals surface area contributed by atoms with Crippen molar-refractivity contribution < 1.29 is 4.79 Å². The zero-order valence-electron chi connectivity index (χ0n) is 16.6. The highest BCUT2D eigenvalue weighted by Gasteiger charge is 2.30. The second-order valence-electron chi connectivity index (χ2n) is 8.55. The summed E-state index contributed by atoms with van der Waals surface area (Å²) in [6.45, 7) is 8.22. The number of hydrogen-bond donors (Lipinski definition) is 0. The molecule has 6 heteroatoms. The maximum absolute atomic E-state index is 12.8. The van der Waals surface area contributed by atoms with Crippen molar-refractivity contribution in [1.82, 2.24) is 14.9 Å². The third-order valence-electron chi connectivity index (χ3n) is 6.58. The van der Waals surface area contributed by atoms with Gasteiger partial charge in [-0.2, -0.15) is 0 Å². The molecule has 0 N–H and O–H groups in total. The van der Waals surface area contributed by atoms with Crippen molar-refractivity contribution in [3.05, 3.63) is 12.4 Å². The maximum atomic E-state index is 12.8. The zero-order chi connectivity index (χ0) is 18.6. The molecule has 0 aromatic carbocycles. The van der Waals surface area contributed by atoms with Crippen LogP contribution in [0.5, 0.6) is 0 Å². The van der Waals surface area contributed by atoms with Crippen molar-refractivity contribution in [3.8, 4) is 0 Å². The largest absolute Gasteiger partial charge is 0.356 e. The van der Waals surface area contributed by atoms with Gasteiger partial charge in [-0.05, 0) is 50.9 Å². The van der Waals surface area contributed by atoms with E-state index in [4.69, 9.17) is 0 Å². The van der Waals surface area contributed by atoms with Crippen LogP contribution in [0.25, 0.3) is 0 Å². The van der Waals surface area contributed by atoms with Gasteiger partial charge >= 0.3 is 0 Å². The minimum atomic E-state index is 0.193. The monoisotopic (exact) mass is 371 g/mol. The number of likely N-dealkylation sites (tertiary alicyclic amines) is 1. The van der Waals surface area contributed by atoms with Gasteiger partial charge in [-0.3, -0.25) is 4.79 Å². The summed E-state index contributed by atoms with van der Waals surface area (Å²) in [5, 5.41) is 0. The van der Waals surface area contributed by atoms with Gasteiger partial charge in [0.1, 0.15) is 18.0 Å². The summed E-state index contributed by atoms with van der Waals surface area (Å²) in [7, 11) is 0. The van der Waals surface area contributed by atoms with Crippen LogP contribution in [0.2, 0.25) is 0 Å². The SMILES string of the molecule is CC1CCN(C(=O)C2CCN(c3cc(N4CCCCC4)ncn3)CC2)CC1. The Bertz CT molecular complexity index is 629. The number of hydrogen-bond acceptors (Lipinski definition) is 5. The molecule has 1 aromatic rings. The molecule has 4 rings (SSSR count). The van der Waals surface area contributed by atoms with Gasteiger partial charge < -0.3 is 14.7 Å². The molecule has 6 nitrogen and oxygen atoms in total. The van der Waals surface area contributed by atoms with E-state index in [1.54, 1.807) is 6.33 Å². The molecular formula is C21H33N5O. The van der Waals surface area contributed by atoms with Gasteiger partial charge in [0, 0.05) is 51.3 Å². The van der Waals surface area contributed by atoms with E-state index in [-0.39, 0.29) is 5.92 Å². The fourth-order valence-electron chi connectivity index (χ4n) is 4.65. The number of nitrogens with zero attached hydrogens (tertiary/aromatic N) is 5. The predicted molar refractivity (Wildman–Crippen MR) is 108 cm³/mol. The molecule has 148 valence electrons. The Kier molecular flexibility index (Phi) is 5.79. The van der Waals surface area contributed by atoms with Gasteiger partial charge in [0.15, 0.2) is 0 Å². The average molecular weight is 372 g/mol. The molecule has 0 spiro atoms.